The van der Waals surface area contributed by atoms with Crippen LogP contribution in [0.3, 0.4) is 0 Å². The molecule has 2 heterocycles. The summed E-state index contributed by atoms with van der Waals surface area (Å²) in [5.74, 6) is 1.04. The average Bonchev–Trinajstić information content (AvgIpc) is 3.06. The number of nitrogens with zero attached hydrogens (tertiary/aromatic N) is 4. The minimum Gasteiger partial charge on any atom is -0.443 e. The maximum Gasteiger partial charge on any atom is 0.414 e. The van der Waals surface area contributed by atoms with E-state index >= 15 is 0 Å². The van der Waals surface area contributed by atoms with Crippen LogP contribution in [0.4, 0.5) is 21.0 Å². The maximum absolute atomic E-state index is 12.7. The van der Waals surface area contributed by atoms with Gasteiger partial charge in [0.25, 0.3) is 0 Å². The van der Waals surface area contributed by atoms with Crippen molar-refractivity contribution in [3.63, 3.8) is 0 Å². The highest BCUT2D eigenvalue weighted by atomic mass is 79.9. The molecule has 2 amide bonds. The van der Waals surface area contributed by atoms with Crippen LogP contribution < -0.4 is 9.80 Å². The smallest absolute Gasteiger partial charge is 0.414 e. The summed E-state index contributed by atoms with van der Waals surface area (Å²) in [7, 11) is 3.39. The quantitative estimate of drug-likeness (QED) is 0.168. The fraction of sp³-hybridized carbons (Fsp3) is 0.500. The van der Waals surface area contributed by atoms with Gasteiger partial charge in [0.05, 0.1) is 34.8 Å². The number of fused-ring (bicyclic) bond motifs is 2. The second-order valence-electron chi connectivity index (χ2n) is 16.9. The molecule has 2 aromatic carbocycles. The number of benzene rings is 2. The molecule has 0 aliphatic heterocycles. The Morgan fingerprint density at radius 3 is 1.49 bits per heavy atom. The number of alkyl halides is 1. The molecular weight excluding hydrogens is 920 g/mol. The first-order chi connectivity index (χ1) is 26.6. The van der Waals surface area contributed by atoms with Gasteiger partial charge in [-0.15, -0.1) is 0 Å². The molecule has 6 rings (SSSR count). The number of hydrogen-bond acceptors (Lipinski definition) is 8. The number of rotatable bonds is 7. The number of ketones is 2. The van der Waals surface area contributed by atoms with Crippen molar-refractivity contribution in [1.82, 2.24) is 9.97 Å². The van der Waals surface area contributed by atoms with E-state index in [9.17, 15) is 19.2 Å². The lowest BCUT2D eigenvalue weighted by Gasteiger charge is -2.40. The Morgan fingerprint density at radius 1 is 0.737 bits per heavy atom. The molecule has 2 aromatic heterocycles. The lowest BCUT2D eigenvalue weighted by Crippen LogP contribution is -2.40. The summed E-state index contributed by atoms with van der Waals surface area (Å²) >= 11 is 10.5. The summed E-state index contributed by atoms with van der Waals surface area (Å²) < 4.78 is 12.9. The molecule has 0 N–H and O–H groups in total. The molecule has 2 saturated carbocycles. The molecule has 0 radical (unpaired) electrons. The van der Waals surface area contributed by atoms with Crippen LogP contribution in [0.2, 0.25) is 0 Å². The number of hydrogen-bond donors (Lipinski definition) is 0. The molecule has 0 atom stereocenters. The summed E-state index contributed by atoms with van der Waals surface area (Å²) in [5.41, 5.74) is 3.65. The van der Waals surface area contributed by atoms with Gasteiger partial charge in [-0.25, -0.2) is 9.59 Å². The Balaban J connectivity index is 0.000000220. The van der Waals surface area contributed by atoms with Gasteiger partial charge < -0.3 is 9.47 Å². The number of halogens is 3. The monoisotopic (exact) mass is 972 g/mol. The number of aromatic nitrogens is 2. The largest absolute Gasteiger partial charge is 0.443 e. The van der Waals surface area contributed by atoms with Crippen LogP contribution in [0.1, 0.15) is 105 Å². The van der Waals surface area contributed by atoms with E-state index in [1.165, 1.54) is 16.2 Å². The molecule has 4 aromatic rings. The molecule has 2 aliphatic rings. The second kappa shape index (κ2) is 19.1. The minimum atomic E-state index is -0.590. The summed E-state index contributed by atoms with van der Waals surface area (Å²) in [6, 6.07) is 11.8. The van der Waals surface area contributed by atoms with E-state index in [4.69, 9.17) is 9.47 Å². The third-order valence-corrected chi connectivity index (χ3v) is 11.8. The molecule has 13 heteroatoms. The molecule has 0 unspecified atom stereocenters. The zero-order valence-corrected chi connectivity index (χ0v) is 39.5. The number of carbonyl (C=O) groups excluding carboxylic acids is 4. The molecule has 0 bridgehead atoms. The zero-order chi connectivity index (χ0) is 42.5. The molecule has 2 fully saturated rings. The van der Waals surface area contributed by atoms with E-state index in [1.807, 2.05) is 77.9 Å². The van der Waals surface area contributed by atoms with Gasteiger partial charge >= 0.3 is 12.2 Å². The van der Waals surface area contributed by atoms with Gasteiger partial charge in [-0.3, -0.25) is 29.4 Å². The first-order valence-electron chi connectivity index (χ1n) is 19.2. The van der Waals surface area contributed by atoms with Crippen LogP contribution in [-0.2, 0) is 30.8 Å². The van der Waals surface area contributed by atoms with E-state index in [1.54, 1.807) is 40.3 Å². The summed E-state index contributed by atoms with van der Waals surface area (Å²) in [4.78, 5) is 59.8. The third kappa shape index (κ3) is 12.1. The number of anilines is 2. The van der Waals surface area contributed by atoms with Gasteiger partial charge in [0, 0.05) is 50.5 Å². The van der Waals surface area contributed by atoms with E-state index in [0.29, 0.717) is 29.1 Å². The van der Waals surface area contributed by atoms with Crippen molar-refractivity contribution in [2.24, 2.45) is 11.3 Å². The van der Waals surface area contributed by atoms with Crippen molar-refractivity contribution >= 4 is 105 Å². The van der Waals surface area contributed by atoms with Crippen LogP contribution in [0.25, 0.3) is 21.8 Å². The number of ether oxygens (including phenoxy) is 2. The van der Waals surface area contributed by atoms with Crippen LogP contribution in [0, 0.1) is 11.3 Å². The summed E-state index contributed by atoms with van der Waals surface area (Å²) in [6.45, 7) is 14.4. The maximum atomic E-state index is 12.7. The summed E-state index contributed by atoms with van der Waals surface area (Å²) in [6.07, 6.45) is 9.57. The van der Waals surface area contributed by atoms with Crippen molar-refractivity contribution in [1.29, 1.82) is 0 Å². The molecule has 10 nitrogen and oxygen atoms in total. The molecule has 57 heavy (non-hydrogen) atoms. The number of amides is 2. The minimum absolute atomic E-state index is 0.213. The Kier molecular flexibility index (Phi) is 15.5. The van der Waals surface area contributed by atoms with E-state index in [0.717, 1.165) is 79.7 Å². The van der Waals surface area contributed by atoms with E-state index < -0.39 is 23.4 Å². The van der Waals surface area contributed by atoms with Gasteiger partial charge in [0.2, 0.25) is 0 Å². The highest BCUT2D eigenvalue weighted by Crippen LogP contribution is 2.47. The van der Waals surface area contributed by atoms with Crippen molar-refractivity contribution in [2.75, 3.05) is 23.9 Å². The highest BCUT2D eigenvalue weighted by Gasteiger charge is 2.42. The first-order valence-corrected chi connectivity index (χ1v) is 21.9. The standard InChI is InChI=1S/C22H27BrN2O3.C16H18Br2N2O2.C6H10O/c1-14(26)22(9-6-10-22)12-17-16-11-15(23)7-8-18(16)24-13-19(17)25(5)20(27)28-21(2,3)4;1-16(2,3)22-15(21)20(4)14-9-19-13-6-5-10(18)7-11(13)12(14)8-17;1-5(7)6-3-2-4-6/h7-8,11,13H,6,9-10,12H2,1-5H3;5-7,9H,8H2,1-4H3;6H,2-4H2,1H3. The lowest BCUT2D eigenvalue weighted by molar-refractivity contribution is -0.131. The molecule has 2 aliphatic carbocycles. The molecule has 308 valence electrons. The molecule has 0 saturated heterocycles. The number of pyridine rings is 2. The van der Waals surface area contributed by atoms with Crippen molar-refractivity contribution in [3.05, 3.63) is 68.9 Å². The number of Topliss-reactive ketones (excluding diaryl/α,β-unsaturated/α-hetero) is 2. The summed E-state index contributed by atoms with van der Waals surface area (Å²) in [5, 5.41) is 2.57. The second-order valence-corrected chi connectivity index (χ2v) is 19.3. The third-order valence-electron chi connectivity index (χ3n) is 10.3. The van der Waals surface area contributed by atoms with Crippen LogP contribution in [-0.4, -0.2) is 59.0 Å². The van der Waals surface area contributed by atoms with Crippen molar-refractivity contribution < 1.29 is 28.7 Å². The first kappa shape index (κ1) is 46.3. The van der Waals surface area contributed by atoms with E-state index in [2.05, 4.69) is 57.8 Å². The molecular formula is C44H55Br3N4O6. The molecule has 0 spiro atoms. The predicted molar refractivity (Wildman–Crippen MR) is 239 cm³/mol. The number of carbonyl (C=O) groups is 4. The Hall–Kier alpha value is -3.42. The SMILES string of the molecule is CC(=O)C1(Cc2c(N(C)C(=O)OC(C)(C)C)cnc3ccc(Br)cc23)CCC1.CC(=O)C1CCC1.CN(C(=O)OC(C)(C)C)c1cnc2ccc(Br)cc2c1CBr. The van der Waals surface area contributed by atoms with Gasteiger partial charge in [0.1, 0.15) is 22.8 Å². The normalized spacial score (nSPS) is 14.8. The van der Waals surface area contributed by atoms with E-state index in [-0.39, 0.29) is 11.2 Å². The fourth-order valence-corrected chi connectivity index (χ4v) is 7.90. The predicted octanol–water partition coefficient (Wildman–Crippen LogP) is 12.3. The fourth-order valence-electron chi connectivity index (χ4n) is 6.59. The van der Waals surface area contributed by atoms with Crippen LogP contribution in [0.15, 0.2) is 57.7 Å². The van der Waals surface area contributed by atoms with Gasteiger partial charge in [0.15, 0.2) is 0 Å². The highest BCUT2D eigenvalue weighted by molar-refractivity contribution is 9.10. The average molecular weight is 976 g/mol. The topological polar surface area (TPSA) is 119 Å². The van der Waals surface area contributed by atoms with Crippen molar-refractivity contribution in [2.45, 2.75) is 117 Å². The van der Waals surface area contributed by atoms with Crippen LogP contribution in [0.5, 0.6) is 0 Å². The van der Waals surface area contributed by atoms with Gasteiger partial charge in [-0.2, -0.15) is 0 Å². The zero-order valence-electron chi connectivity index (χ0n) is 34.7. The lowest BCUT2D eigenvalue weighted by atomic mass is 9.63. The van der Waals surface area contributed by atoms with Gasteiger partial charge in [-0.1, -0.05) is 60.6 Å². The Bertz CT molecular complexity index is 2120. The van der Waals surface area contributed by atoms with Gasteiger partial charge in [-0.05, 0) is 135 Å². The van der Waals surface area contributed by atoms with Crippen LogP contribution >= 0.6 is 47.8 Å². The Morgan fingerprint density at radius 2 is 1.18 bits per heavy atom. The van der Waals surface area contributed by atoms with Crippen molar-refractivity contribution in [3.8, 4) is 0 Å². The Labute approximate surface area is 362 Å².